The Kier molecular flexibility index (Phi) is 2.26. The molecule has 0 radical (unpaired) electrons. The molecule has 4 nitrogen and oxygen atoms in total. The summed E-state index contributed by atoms with van der Waals surface area (Å²) < 4.78 is 14.9. The average Bonchev–Trinajstić information content (AvgIpc) is 2.90. The first-order valence-corrected chi connectivity index (χ1v) is 5.47. The highest BCUT2D eigenvalue weighted by Gasteiger charge is 2.08. The number of carbonyl (C=O) groups is 1. The van der Waals surface area contributed by atoms with E-state index in [4.69, 9.17) is 0 Å². The van der Waals surface area contributed by atoms with Crippen molar-refractivity contribution in [2.45, 2.75) is 6.92 Å². The van der Waals surface area contributed by atoms with E-state index in [9.17, 15) is 9.18 Å². The molecule has 0 fully saturated rings. The third-order valence-electron chi connectivity index (χ3n) is 2.85. The quantitative estimate of drug-likeness (QED) is 0.703. The number of rotatable bonds is 2. The van der Waals surface area contributed by atoms with Crippen LogP contribution in [0.1, 0.15) is 16.1 Å². The largest absolute Gasteiger partial charge is 0.321 e. The van der Waals surface area contributed by atoms with Crippen molar-refractivity contribution in [3.05, 3.63) is 47.7 Å². The minimum atomic E-state index is -0.230. The molecule has 0 unspecified atom stereocenters. The van der Waals surface area contributed by atoms with Crippen LogP contribution in [0.4, 0.5) is 4.39 Å². The lowest BCUT2D eigenvalue weighted by molar-refractivity contribution is 0.111. The second-order valence-corrected chi connectivity index (χ2v) is 4.15. The third-order valence-corrected chi connectivity index (χ3v) is 2.85. The summed E-state index contributed by atoms with van der Waals surface area (Å²) in [5.41, 5.74) is 2.64. The molecule has 2 aromatic heterocycles. The summed E-state index contributed by atoms with van der Waals surface area (Å²) in [6.07, 6.45) is 4.19. The Morgan fingerprint density at radius 1 is 1.39 bits per heavy atom. The zero-order valence-corrected chi connectivity index (χ0v) is 9.64. The number of nitrogens with zero attached hydrogens (tertiary/aromatic N) is 2. The minimum absolute atomic E-state index is 0.230. The highest BCUT2D eigenvalue weighted by molar-refractivity contribution is 5.73. The predicted molar refractivity (Wildman–Crippen MR) is 65.1 cm³/mol. The van der Waals surface area contributed by atoms with E-state index in [1.165, 1.54) is 6.07 Å². The van der Waals surface area contributed by atoms with E-state index >= 15 is 0 Å². The van der Waals surface area contributed by atoms with Crippen LogP contribution < -0.4 is 0 Å². The fourth-order valence-corrected chi connectivity index (χ4v) is 1.90. The van der Waals surface area contributed by atoms with Crippen LogP contribution >= 0.6 is 0 Å². The lowest BCUT2D eigenvalue weighted by Gasteiger charge is -1.99. The summed E-state index contributed by atoms with van der Waals surface area (Å²) in [6.45, 7) is 1.71. The van der Waals surface area contributed by atoms with Gasteiger partial charge in [-0.15, -0.1) is 0 Å². The average molecular weight is 243 g/mol. The molecule has 0 aliphatic carbocycles. The van der Waals surface area contributed by atoms with Gasteiger partial charge in [0.05, 0.1) is 11.4 Å². The van der Waals surface area contributed by atoms with Gasteiger partial charge in [0.25, 0.3) is 0 Å². The topological polar surface area (TPSA) is 50.2 Å². The standard InChI is InChI=1S/C13H10FN3O/c1-8-4-9(2-3-11(8)14)12-6-17-5-10(7-18)15-13(17)16-12/h2-7H,1H3,(H,15,16). The Morgan fingerprint density at radius 3 is 2.89 bits per heavy atom. The zero-order chi connectivity index (χ0) is 12.7. The van der Waals surface area contributed by atoms with Gasteiger partial charge < -0.3 is 4.98 Å². The molecule has 0 spiro atoms. The zero-order valence-electron chi connectivity index (χ0n) is 9.64. The molecule has 1 N–H and O–H groups in total. The number of aryl methyl sites for hydroxylation is 1. The fourth-order valence-electron chi connectivity index (χ4n) is 1.90. The number of aromatic nitrogens is 3. The van der Waals surface area contributed by atoms with Crippen LogP contribution in [0, 0.1) is 12.7 Å². The third kappa shape index (κ3) is 1.60. The first kappa shape index (κ1) is 10.7. The summed E-state index contributed by atoms with van der Waals surface area (Å²) in [7, 11) is 0. The van der Waals surface area contributed by atoms with Crippen LogP contribution in [-0.4, -0.2) is 20.7 Å². The Hall–Kier alpha value is -2.43. The lowest BCUT2D eigenvalue weighted by atomic mass is 10.1. The SMILES string of the molecule is Cc1cc(-c2cn3cc(C=O)[nH]c3n2)ccc1F. The summed E-state index contributed by atoms with van der Waals surface area (Å²) >= 11 is 0. The molecule has 0 bridgehead atoms. The molecule has 5 heteroatoms. The molecule has 0 saturated heterocycles. The summed E-state index contributed by atoms with van der Waals surface area (Å²) in [5.74, 6) is 0.362. The number of carbonyl (C=O) groups excluding carboxylic acids is 1. The van der Waals surface area contributed by atoms with Crippen molar-refractivity contribution in [2.24, 2.45) is 0 Å². The van der Waals surface area contributed by atoms with Crippen LogP contribution in [0.15, 0.2) is 30.6 Å². The number of H-pyrrole nitrogens is 1. The number of imidazole rings is 2. The number of halogens is 1. The van der Waals surface area contributed by atoms with Crippen molar-refractivity contribution < 1.29 is 9.18 Å². The highest BCUT2D eigenvalue weighted by Crippen LogP contribution is 2.21. The summed E-state index contributed by atoms with van der Waals surface area (Å²) in [5, 5.41) is 0. The number of benzene rings is 1. The Labute approximate surface area is 102 Å². The van der Waals surface area contributed by atoms with E-state index < -0.39 is 0 Å². The van der Waals surface area contributed by atoms with Crippen LogP contribution in [0.5, 0.6) is 0 Å². The Morgan fingerprint density at radius 2 is 2.22 bits per heavy atom. The molecule has 3 rings (SSSR count). The van der Waals surface area contributed by atoms with Gasteiger partial charge in [0.2, 0.25) is 5.78 Å². The van der Waals surface area contributed by atoms with Gasteiger partial charge >= 0.3 is 0 Å². The first-order valence-electron chi connectivity index (χ1n) is 5.47. The number of nitrogens with one attached hydrogen (secondary N) is 1. The molecule has 3 aromatic rings. The predicted octanol–water partition coefficient (Wildman–Crippen LogP) is 2.59. The van der Waals surface area contributed by atoms with Crippen LogP contribution in [0.25, 0.3) is 17.0 Å². The van der Waals surface area contributed by atoms with Gasteiger partial charge in [0.15, 0.2) is 6.29 Å². The number of hydrogen-bond acceptors (Lipinski definition) is 2. The molecule has 0 saturated carbocycles. The molecular formula is C13H10FN3O. The summed E-state index contributed by atoms with van der Waals surface area (Å²) in [6, 6.07) is 4.86. The van der Waals surface area contributed by atoms with Crippen LogP contribution in [0.3, 0.4) is 0 Å². The van der Waals surface area contributed by atoms with Crippen molar-refractivity contribution in [1.82, 2.24) is 14.4 Å². The van der Waals surface area contributed by atoms with Gasteiger partial charge in [0.1, 0.15) is 5.82 Å². The smallest absolute Gasteiger partial charge is 0.212 e. The van der Waals surface area contributed by atoms with E-state index in [1.807, 2.05) is 0 Å². The van der Waals surface area contributed by atoms with Gasteiger partial charge in [-0.05, 0) is 30.7 Å². The first-order chi connectivity index (χ1) is 8.67. The van der Waals surface area contributed by atoms with Gasteiger partial charge in [-0.25, -0.2) is 9.37 Å². The number of aldehydes is 1. The molecule has 0 aliphatic heterocycles. The van der Waals surface area contributed by atoms with E-state index in [1.54, 1.807) is 35.9 Å². The van der Waals surface area contributed by atoms with Gasteiger partial charge in [0, 0.05) is 18.0 Å². The second kappa shape index (κ2) is 3.80. The molecular weight excluding hydrogens is 233 g/mol. The maximum atomic E-state index is 13.2. The number of fused-ring (bicyclic) bond motifs is 1. The molecule has 18 heavy (non-hydrogen) atoms. The maximum absolute atomic E-state index is 13.2. The van der Waals surface area contributed by atoms with E-state index in [0.717, 1.165) is 17.5 Å². The van der Waals surface area contributed by atoms with Crippen molar-refractivity contribution in [3.63, 3.8) is 0 Å². The van der Waals surface area contributed by atoms with Gasteiger partial charge in [-0.2, -0.15) is 0 Å². The van der Waals surface area contributed by atoms with Crippen LogP contribution in [0.2, 0.25) is 0 Å². The summed E-state index contributed by atoms with van der Waals surface area (Å²) in [4.78, 5) is 17.8. The molecule has 0 atom stereocenters. The van der Waals surface area contributed by atoms with Crippen LogP contribution in [-0.2, 0) is 0 Å². The van der Waals surface area contributed by atoms with Crippen molar-refractivity contribution >= 4 is 12.1 Å². The molecule has 90 valence electrons. The maximum Gasteiger partial charge on any atom is 0.212 e. The second-order valence-electron chi connectivity index (χ2n) is 4.15. The van der Waals surface area contributed by atoms with Gasteiger partial charge in [-0.1, -0.05) is 0 Å². The Balaban J connectivity index is 2.10. The monoisotopic (exact) mass is 243 g/mol. The molecule has 2 heterocycles. The van der Waals surface area contributed by atoms with Crippen molar-refractivity contribution in [2.75, 3.05) is 0 Å². The normalized spacial score (nSPS) is 11.0. The van der Waals surface area contributed by atoms with E-state index in [2.05, 4.69) is 9.97 Å². The molecule has 0 amide bonds. The lowest BCUT2D eigenvalue weighted by Crippen LogP contribution is -1.85. The highest BCUT2D eigenvalue weighted by atomic mass is 19.1. The van der Waals surface area contributed by atoms with Crippen molar-refractivity contribution in [1.29, 1.82) is 0 Å². The molecule has 1 aromatic carbocycles. The Bertz CT molecular complexity index is 710. The van der Waals surface area contributed by atoms with E-state index in [-0.39, 0.29) is 5.82 Å². The number of aromatic amines is 1. The molecule has 0 aliphatic rings. The van der Waals surface area contributed by atoms with Gasteiger partial charge in [-0.3, -0.25) is 9.20 Å². The fraction of sp³-hybridized carbons (Fsp3) is 0.0769. The minimum Gasteiger partial charge on any atom is -0.321 e. The van der Waals surface area contributed by atoms with E-state index in [0.29, 0.717) is 17.0 Å². The van der Waals surface area contributed by atoms with Crippen molar-refractivity contribution in [3.8, 4) is 11.3 Å². The number of hydrogen-bond donors (Lipinski definition) is 1.